The first-order valence-electron chi connectivity index (χ1n) is 8.32. The fraction of sp³-hybridized carbons (Fsp3) is 0.100. The molecule has 0 unspecified atom stereocenters. The van der Waals surface area contributed by atoms with Crippen molar-refractivity contribution in [3.63, 3.8) is 0 Å². The number of para-hydroxylation sites is 1. The van der Waals surface area contributed by atoms with Crippen LogP contribution in [0.5, 0.6) is 11.5 Å². The van der Waals surface area contributed by atoms with Crippen molar-refractivity contribution in [2.45, 2.75) is 0 Å². The molecule has 2 aromatic heterocycles. The second-order valence-electron chi connectivity index (χ2n) is 6.11. The number of pyridine rings is 1. The summed E-state index contributed by atoms with van der Waals surface area (Å²) in [6.07, 6.45) is 1.80. The van der Waals surface area contributed by atoms with Crippen LogP contribution in [0, 0.1) is 0 Å². The number of fused-ring (bicyclic) bond motifs is 2. The zero-order valence-corrected chi connectivity index (χ0v) is 14.1. The van der Waals surface area contributed by atoms with Crippen molar-refractivity contribution in [1.29, 1.82) is 0 Å². The summed E-state index contributed by atoms with van der Waals surface area (Å²) in [6, 6.07) is 17.9. The number of nitrogens with one attached hydrogen (secondary N) is 1. The maximum Gasteiger partial charge on any atom is 0.231 e. The fourth-order valence-corrected chi connectivity index (χ4v) is 3.07. The van der Waals surface area contributed by atoms with Crippen molar-refractivity contribution in [2.24, 2.45) is 7.05 Å². The number of aromatic nitrogens is 3. The molecule has 4 aromatic rings. The molecule has 26 heavy (non-hydrogen) atoms. The Kier molecular flexibility index (Phi) is 3.28. The molecule has 0 amide bonds. The van der Waals surface area contributed by atoms with Crippen LogP contribution in [0.1, 0.15) is 0 Å². The van der Waals surface area contributed by atoms with Gasteiger partial charge in [-0.05, 0) is 36.4 Å². The predicted octanol–water partition coefficient (Wildman–Crippen LogP) is 4.11. The lowest BCUT2D eigenvalue weighted by Gasteiger charge is -2.06. The smallest absolute Gasteiger partial charge is 0.231 e. The number of hydrogen-bond donors (Lipinski definition) is 1. The maximum atomic E-state index is 5.46. The van der Waals surface area contributed by atoms with Gasteiger partial charge in [-0.3, -0.25) is 4.98 Å². The second-order valence-corrected chi connectivity index (χ2v) is 6.11. The average molecular weight is 344 g/mol. The first-order chi connectivity index (χ1) is 12.8. The first-order valence-corrected chi connectivity index (χ1v) is 8.32. The van der Waals surface area contributed by atoms with Crippen LogP contribution in [-0.2, 0) is 7.05 Å². The highest BCUT2D eigenvalue weighted by molar-refractivity contribution is 5.83. The normalized spacial score (nSPS) is 12.5. The molecular formula is C20H16N4O2. The van der Waals surface area contributed by atoms with Gasteiger partial charge in [0, 0.05) is 18.3 Å². The SMILES string of the molecule is Cn1c(Nc2ccccc2)nc2cnc(-c3ccc4c(c3)OCO4)cc21. The lowest BCUT2D eigenvalue weighted by molar-refractivity contribution is 0.174. The van der Waals surface area contributed by atoms with E-state index in [2.05, 4.69) is 15.3 Å². The van der Waals surface area contributed by atoms with E-state index in [1.807, 2.05) is 66.2 Å². The van der Waals surface area contributed by atoms with E-state index in [0.717, 1.165) is 45.4 Å². The summed E-state index contributed by atoms with van der Waals surface area (Å²) in [4.78, 5) is 9.21. The molecule has 0 radical (unpaired) electrons. The second kappa shape index (κ2) is 5.77. The van der Waals surface area contributed by atoms with Gasteiger partial charge >= 0.3 is 0 Å². The number of hydrogen-bond acceptors (Lipinski definition) is 5. The minimum Gasteiger partial charge on any atom is -0.454 e. The Bertz CT molecular complexity index is 1110. The van der Waals surface area contributed by atoms with E-state index >= 15 is 0 Å². The van der Waals surface area contributed by atoms with Gasteiger partial charge in [0.1, 0.15) is 5.52 Å². The van der Waals surface area contributed by atoms with Gasteiger partial charge in [-0.1, -0.05) is 18.2 Å². The number of ether oxygens (including phenoxy) is 2. The molecule has 5 rings (SSSR count). The van der Waals surface area contributed by atoms with Gasteiger partial charge in [0.2, 0.25) is 12.7 Å². The molecule has 0 saturated carbocycles. The Morgan fingerprint density at radius 2 is 1.85 bits per heavy atom. The maximum absolute atomic E-state index is 5.46. The molecular weight excluding hydrogens is 328 g/mol. The Hall–Kier alpha value is -3.54. The molecule has 3 heterocycles. The van der Waals surface area contributed by atoms with Gasteiger partial charge in [0.15, 0.2) is 11.5 Å². The van der Waals surface area contributed by atoms with Gasteiger partial charge in [-0.25, -0.2) is 4.98 Å². The molecule has 0 fully saturated rings. The molecule has 6 nitrogen and oxygen atoms in total. The third-order valence-electron chi connectivity index (χ3n) is 4.47. The summed E-state index contributed by atoms with van der Waals surface area (Å²) in [7, 11) is 1.99. The topological polar surface area (TPSA) is 61.2 Å². The highest BCUT2D eigenvalue weighted by Gasteiger charge is 2.15. The summed E-state index contributed by atoms with van der Waals surface area (Å²) in [5.41, 5.74) is 4.69. The van der Waals surface area contributed by atoms with Gasteiger partial charge in [-0.2, -0.15) is 0 Å². The van der Waals surface area contributed by atoms with Crippen molar-refractivity contribution in [3.05, 3.63) is 60.8 Å². The van der Waals surface area contributed by atoms with Gasteiger partial charge in [0.05, 0.1) is 17.4 Å². The minimum absolute atomic E-state index is 0.265. The number of rotatable bonds is 3. The van der Waals surface area contributed by atoms with Gasteiger partial charge in [-0.15, -0.1) is 0 Å². The lowest BCUT2D eigenvalue weighted by Crippen LogP contribution is -1.98. The van der Waals surface area contributed by atoms with E-state index in [1.54, 1.807) is 6.20 Å². The lowest BCUT2D eigenvalue weighted by atomic mass is 10.1. The number of aryl methyl sites for hydroxylation is 1. The highest BCUT2D eigenvalue weighted by atomic mass is 16.7. The van der Waals surface area contributed by atoms with Crippen LogP contribution in [0.3, 0.4) is 0 Å². The molecule has 1 aliphatic heterocycles. The van der Waals surface area contributed by atoms with Crippen molar-refractivity contribution < 1.29 is 9.47 Å². The highest BCUT2D eigenvalue weighted by Crippen LogP contribution is 2.36. The molecule has 0 aliphatic carbocycles. The van der Waals surface area contributed by atoms with Gasteiger partial charge in [0.25, 0.3) is 0 Å². The number of anilines is 2. The number of imidazole rings is 1. The standard InChI is InChI=1S/C20H16N4O2/c1-24-17-10-15(13-7-8-18-19(9-13)26-12-25-18)21-11-16(17)23-20(24)22-14-5-3-2-4-6-14/h2-11H,12H2,1H3,(H,22,23). The molecule has 1 N–H and O–H groups in total. The zero-order chi connectivity index (χ0) is 17.5. The Morgan fingerprint density at radius 3 is 2.73 bits per heavy atom. The molecule has 6 heteroatoms. The Labute approximate surface area is 150 Å². The van der Waals surface area contributed by atoms with E-state index in [0.29, 0.717) is 0 Å². The van der Waals surface area contributed by atoms with Crippen LogP contribution in [0.4, 0.5) is 11.6 Å². The van der Waals surface area contributed by atoms with Crippen LogP contribution in [0.25, 0.3) is 22.3 Å². The van der Waals surface area contributed by atoms with Crippen molar-refractivity contribution in [3.8, 4) is 22.8 Å². The Balaban J connectivity index is 1.54. The fourth-order valence-electron chi connectivity index (χ4n) is 3.07. The molecule has 0 spiro atoms. The van der Waals surface area contributed by atoms with Crippen LogP contribution in [0.2, 0.25) is 0 Å². The van der Waals surface area contributed by atoms with E-state index in [9.17, 15) is 0 Å². The average Bonchev–Trinajstić information content (AvgIpc) is 3.27. The monoisotopic (exact) mass is 344 g/mol. The van der Waals surface area contributed by atoms with E-state index in [4.69, 9.17) is 9.47 Å². The Morgan fingerprint density at radius 1 is 1.00 bits per heavy atom. The van der Waals surface area contributed by atoms with E-state index < -0.39 is 0 Å². The van der Waals surface area contributed by atoms with Crippen LogP contribution in [-0.4, -0.2) is 21.3 Å². The zero-order valence-electron chi connectivity index (χ0n) is 14.1. The number of nitrogens with zero attached hydrogens (tertiary/aromatic N) is 3. The summed E-state index contributed by atoms with van der Waals surface area (Å²) < 4.78 is 12.9. The molecule has 0 saturated heterocycles. The van der Waals surface area contributed by atoms with Crippen molar-refractivity contribution in [1.82, 2.24) is 14.5 Å². The van der Waals surface area contributed by atoms with Crippen LogP contribution in [0.15, 0.2) is 60.8 Å². The first kappa shape index (κ1) is 14.8. The predicted molar refractivity (Wildman–Crippen MR) is 99.8 cm³/mol. The van der Waals surface area contributed by atoms with Crippen molar-refractivity contribution in [2.75, 3.05) is 12.1 Å². The molecule has 0 atom stereocenters. The largest absolute Gasteiger partial charge is 0.454 e. The molecule has 2 aromatic carbocycles. The van der Waals surface area contributed by atoms with Crippen LogP contribution < -0.4 is 14.8 Å². The molecule has 0 bridgehead atoms. The third-order valence-corrected chi connectivity index (χ3v) is 4.47. The molecule has 128 valence electrons. The summed E-state index contributed by atoms with van der Waals surface area (Å²) in [6.45, 7) is 0.265. The summed E-state index contributed by atoms with van der Waals surface area (Å²) in [5.74, 6) is 2.29. The summed E-state index contributed by atoms with van der Waals surface area (Å²) in [5, 5.41) is 3.34. The third kappa shape index (κ3) is 2.43. The number of benzene rings is 2. The van der Waals surface area contributed by atoms with E-state index in [-0.39, 0.29) is 6.79 Å². The minimum atomic E-state index is 0.265. The van der Waals surface area contributed by atoms with Crippen molar-refractivity contribution >= 4 is 22.7 Å². The summed E-state index contributed by atoms with van der Waals surface area (Å²) >= 11 is 0. The quantitative estimate of drug-likeness (QED) is 0.606. The van der Waals surface area contributed by atoms with E-state index in [1.165, 1.54) is 0 Å². The van der Waals surface area contributed by atoms with Gasteiger partial charge < -0.3 is 19.4 Å². The molecule has 1 aliphatic rings. The van der Waals surface area contributed by atoms with Crippen LogP contribution >= 0.6 is 0 Å².